The van der Waals surface area contributed by atoms with Crippen LogP contribution in [0.5, 0.6) is 5.75 Å². The van der Waals surface area contributed by atoms with Gasteiger partial charge in [-0.1, -0.05) is 30.3 Å². The lowest BCUT2D eigenvalue weighted by molar-refractivity contribution is 0.102. The first-order chi connectivity index (χ1) is 16.7. The van der Waals surface area contributed by atoms with Crippen LogP contribution < -0.4 is 19.5 Å². The Bertz CT molecular complexity index is 1320. The van der Waals surface area contributed by atoms with Gasteiger partial charge >= 0.3 is 16.3 Å². The van der Waals surface area contributed by atoms with Crippen molar-refractivity contribution in [2.45, 2.75) is 6.42 Å². The minimum absolute atomic E-state index is 0.00763. The second-order valence-electron chi connectivity index (χ2n) is 7.08. The Hall–Kier alpha value is -4.19. The molecule has 3 rings (SSSR count). The van der Waals surface area contributed by atoms with Gasteiger partial charge in [-0.25, -0.2) is 18.3 Å². The molecule has 0 saturated carbocycles. The second kappa shape index (κ2) is 11.3. The molecule has 2 amide bonds. The van der Waals surface area contributed by atoms with Crippen molar-refractivity contribution in [2.24, 2.45) is 0 Å². The Morgan fingerprint density at radius 2 is 1.69 bits per heavy atom. The molecule has 0 radical (unpaired) electrons. The number of rotatable bonds is 9. The number of nitrogens with one attached hydrogen (secondary N) is 3. The summed E-state index contributed by atoms with van der Waals surface area (Å²) < 4.78 is 65.1. The van der Waals surface area contributed by atoms with Gasteiger partial charge < -0.3 is 14.8 Å². The van der Waals surface area contributed by atoms with Crippen LogP contribution in [0.2, 0.25) is 0 Å². The number of benzene rings is 3. The van der Waals surface area contributed by atoms with E-state index in [4.69, 9.17) is 9.47 Å². The van der Waals surface area contributed by atoms with Crippen LogP contribution in [0.1, 0.15) is 15.9 Å². The van der Waals surface area contributed by atoms with E-state index < -0.39 is 33.8 Å². The molecule has 3 aromatic rings. The summed E-state index contributed by atoms with van der Waals surface area (Å²) in [5, 5.41) is 2.37. The van der Waals surface area contributed by atoms with E-state index in [1.165, 1.54) is 19.2 Å². The van der Waals surface area contributed by atoms with E-state index in [9.17, 15) is 26.8 Å². The molecule has 0 aliphatic rings. The molecule has 0 aliphatic heterocycles. The molecule has 3 N–H and O–H groups in total. The van der Waals surface area contributed by atoms with Crippen LogP contribution in [0.25, 0.3) is 0 Å². The predicted molar refractivity (Wildman–Crippen MR) is 124 cm³/mol. The van der Waals surface area contributed by atoms with Crippen molar-refractivity contribution in [3.05, 3.63) is 89.5 Å². The van der Waals surface area contributed by atoms with Gasteiger partial charge in [-0.15, -0.1) is 0 Å². The molecular weight excluding hydrogens is 484 g/mol. The first-order valence-electron chi connectivity index (χ1n) is 10.1. The highest BCUT2D eigenvalue weighted by Gasteiger charge is 2.19. The van der Waals surface area contributed by atoms with Gasteiger partial charge in [0.1, 0.15) is 5.75 Å². The van der Waals surface area contributed by atoms with Gasteiger partial charge in [0.25, 0.3) is 5.91 Å². The van der Waals surface area contributed by atoms with E-state index in [0.717, 1.165) is 29.8 Å². The fourth-order valence-electron chi connectivity index (χ4n) is 2.92. The van der Waals surface area contributed by atoms with Gasteiger partial charge in [0.15, 0.2) is 11.6 Å². The van der Waals surface area contributed by atoms with E-state index >= 15 is 0 Å². The van der Waals surface area contributed by atoms with Gasteiger partial charge in [0.05, 0.1) is 19.4 Å². The quantitative estimate of drug-likeness (QED) is 0.406. The molecule has 0 fully saturated rings. The van der Waals surface area contributed by atoms with Crippen LogP contribution >= 0.6 is 0 Å². The lowest BCUT2D eigenvalue weighted by Crippen LogP contribution is -2.36. The largest absolute Gasteiger partial charge is 0.495 e. The van der Waals surface area contributed by atoms with E-state index in [-0.39, 0.29) is 29.3 Å². The monoisotopic (exact) mass is 505 g/mol. The fourth-order valence-corrected chi connectivity index (χ4v) is 3.70. The average molecular weight is 505 g/mol. The molecule has 9 nitrogen and oxygen atoms in total. The molecule has 0 bridgehead atoms. The maximum atomic E-state index is 13.4. The summed E-state index contributed by atoms with van der Waals surface area (Å²) in [4.78, 5) is 24.4. The van der Waals surface area contributed by atoms with Gasteiger partial charge in [-0.05, 0) is 35.9 Å². The van der Waals surface area contributed by atoms with Crippen LogP contribution in [0.4, 0.5) is 25.0 Å². The maximum Gasteiger partial charge on any atom is 0.422 e. The molecule has 12 heteroatoms. The van der Waals surface area contributed by atoms with E-state index in [1.807, 2.05) is 30.3 Å². The second-order valence-corrected chi connectivity index (χ2v) is 8.49. The molecule has 0 heterocycles. The van der Waals surface area contributed by atoms with E-state index in [1.54, 1.807) is 4.72 Å². The van der Waals surface area contributed by atoms with Gasteiger partial charge in [-0.2, -0.15) is 8.42 Å². The van der Waals surface area contributed by atoms with Crippen LogP contribution in [-0.4, -0.2) is 34.1 Å². The van der Waals surface area contributed by atoms with Crippen molar-refractivity contribution in [2.75, 3.05) is 23.8 Å². The van der Waals surface area contributed by atoms with Crippen LogP contribution in [0, 0.1) is 11.6 Å². The van der Waals surface area contributed by atoms with Crippen molar-refractivity contribution in [3.8, 4) is 5.75 Å². The van der Waals surface area contributed by atoms with Gasteiger partial charge in [-0.3, -0.25) is 9.52 Å². The molecule has 3 aromatic carbocycles. The number of carbonyl (C=O) groups is 2. The Kier molecular flexibility index (Phi) is 8.21. The standard InChI is InChI=1S/C23H21F2N3O6S/c1-33-21-10-7-16(22(29)26-17-8-9-18(24)19(25)14-17)13-20(21)27-35(31,32)28-23(30)34-12-11-15-5-3-2-4-6-15/h2-10,13-14,27H,11-12H2,1H3,(H,26,29)(H,28,30). The first kappa shape index (κ1) is 25.4. The number of amides is 2. The maximum absolute atomic E-state index is 13.4. The zero-order valence-corrected chi connectivity index (χ0v) is 19.2. The normalized spacial score (nSPS) is 10.8. The third kappa shape index (κ3) is 7.40. The van der Waals surface area contributed by atoms with Gasteiger partial charge in [0.2, 0.25) is 0 Å². The molecular formula is C23H21F2N3O6S. The molecule has 35 heavy (non-hydrogen) atoms. The van der Waals surface area contributed by atoms with Gasteiger partial charge in [0, 0.05) is 23.7 Å². The Labute approximate surface area is 200 Å². The highest BCUT2D eigenvalue weighted by Crippen LogP contribution is 2.27. The zero-order chi connectivity index (χ0) is 25.4. The number of hydrogen-bond donors (Lipinski definition) is 3. The van der Waals surface area contributed by atoms with Crippen molar-refractivity contribution in [3.63, 3.8) is 0 Å². The predicted octanol–water partition coefficient (Wildman–Crippen LogP) is 3.85. The third-order valence-electron chi connectivity index (χ3n) is 4.57. The Morgan fingerprint density at radius 3 is 2.37 bits per heavy atom. The highest BCUT2D eigenvalue weighted by molar-refractivity contribution is 7.91. The lowest BCUT2D eigenvalue weighted by atomic mass is 10.1. The van der Waals surface area contributed by atoms with E-state index in [0.29, 0.717) is 6.42 Å². The van der Waals surface area contributed by atoms with Crippen molar-refractivity contribution < 1.29 is 36.3 Å². The lowest BCUT2D eigenvalue weighted by Gasteiger charge is -2.14. The minimum Gasteiger partial charge on any atom is -0.495 e. The number of halogens is 2. The summed E-state index contributed by atoms with van der Waals surface area (Å²) in [5.74, 6) is -2.90. The van der Waals surface area contributed by atoms with Crippen LogP contribution in [-0.2, 0) is 21.4 Å². The Morgan fingerprint density at radius 1 is 0.943 bits per heavy atom. The minimum atomic E-state index is -4.45. The number of methoxy groups -OCH3 is 1. The van der Waals surface area contributed by atoms with E-state index in [2.05, 4.69) is 10.0 Å². The molecule has 0 spiro atoms. The summed E-state index contributed by atoms with van der Waals surface area (Å²) in [6.45, 7) is -0.0473. The zero-order valence-electron chi connectivity index (χ0n) is 18.4. The molecule has 0 aromatic heterocycles. The summed E-state index contributed by atoms with van der Waals surface area (Å²) >= 11 is 0. The van der Waals surface area contributed by atoms with Crippen LogP contribution in [0.3, 0.4) is 0 Å². The summed E-state index contributed by atoms with van der Waals surface area (Å²) in [5.41, 5.74) is 0.713. The summed E-state index contributed by atoms with van der Waals surface area (Å²) in [6.07, 6.45) is -0.801. The van der Waals surface area contributed by atoms with Crippen LogP contribution in [0.15, 0.2) is 66.7 Å². The van der Waals surface area contributed by atoms with Crippen molar-refractivity contribution in [1.82, 2.24) is 4.72 Å². The topological polar surface area (TPSA) is 123 Å². The number of carbonyl (C=O) groups excluding carboxylic acids is 2. The summed E-state index contributed by atoms with van der Waals surface area (Å²) in [6, 6.07) is 15.8. The molecule has 0 unspecified atom stereocenters. The molecule has 0 aliphatic carbocycles. The third-order valence-corrected chi connectivity index (χ3v) is 5.49. The SMILES string of the molecule is COc1ccc(C(=O)Nc2ccc(F)c(F)c2)cc1NS(=O)(=O)NC(=O)OCCc1ccccc1. The molecule has 184 valence electrons. The number of anilines is 2. The smallest absolute Gasteiger partial charge is 0.422 e. The fraction of sp³-hybridized carbons (Fsp3) is 0.130. The highest BCUT2D eigenvalue weighted by atomic mass is 32.2. The molecule has 0 saturated heterocycles. The molecule has 0 atom stereocenters. The first-order valence-corrected chi connectivity index (χ1v) is 11.6. The summed E-state index contributed by atoms with van der Waals surface area (Å²) in [7, 11) is -3.17. The van der Waals surface area contributed by atoms with Crippen molar-refractivity contribution >= 4 is 33.6 Å². The Balaban J connectivity index is 1.65. The van der Waals surface area contributed by atoms with Crippen molar-refractivity contribution in [1.29, 1.82) is 0 Å². The average Bonchev–Trinajstić information content (AvgIpc) is 2.81. The number of hydrogen-bond acceptors (Lipinski definition) is 6. The number of ether oxygens (including phenoxy) is 2.